The van der Waals surface area contributed by atoms with E-state index in [0.29, 0.717) is 42.3 Å². The van der Waals surface area contributed by atoms with Gasteiger partial charge in [-0.2, -0.15) is 0 Å². The second-order valence-corrected chi connectivity index (χ2v) is 8.18. The molecule has 0 aliphatic carbocycles. The lowest BCUT2D eigenvalue weighted by Gasteiger charge is -2.17. The zero-order valence-corrected chi connectivity index (χ0v) is 16.1. The van der Waals surface area contributed by atoms with Gasteiger partial charge in [0.15, 0.2) is 11.5 Å². The molecule has 0 spiro atoms. The number of carbonyl (C=O) groups is 1. The average molecular weight is 390 g/mol. The first kappa shape index (κ1) is 19.0. The van der Waals surface area contributed by atoms with Gasteiger partial charge in [0.1, 0.15) is 0 Å². The summed E-state index contributed by atoms with van der Waals surface area (Å²) in [6, 6.07) is 12.1. The van der Waals surface area contributed by atoms with Crippen LogP contribution in [0.4, 0.5) is 5.69 Å². The number of benzene rings is 2. The van der Waals surface area contributed by atoms with Crippen molar-refractivity contribution in [1.29, 1.82) is 0 Å². The van der Waals surface area contributed by atoms with E-state index in [2.05, 4.69) is 5.32 Å². The third kappa shape index (κ3) is 4.16. The molecule has 0 atom stereocenters. The lowest BCUT2D eigenvalue weighted by Crippen LogP contribution is -2.26. The Morgan fingerprint density at radius 3 is 2.56 bits per heavy atom. The fourth-order valence-corrected chi connectivity index (χ4v) is 4.56. The van der Waals surface area contributed by atoms with E-state index < -0.39 is 10.0 Å². The second kappa shape index (κ2) is 7.87. The summed E-state index contributed by atoms with van der Waals surface area (Å²) in [6.07, 6.45) is 0.595. The summed E-state index contributed by atoms with van der Waals surface area (Å²) in [5.74, 6) is 1.07. The highest BCUT2D eigenvalue weighted by atomic mass is 32.2. The Bertz CT molecular complexity index is 943. The number of ether oxygens (including phenoxy) is 2. The van der Waals surface area contributed by atoms with E-state index in [9.17, 15) is 13.2 Å². The van der Waals surface area contributed by atoms with Crippen LogP contribution in [-0.4, -0.2) is 40.8 Å². The summed E-state index contributed by atoms with van der Waals surface area (Å²) in [5, 5.41) is 2.84. The van der Waals surface area contributed by atoms with Crippen LogP contribution >= 0.6 is 0 Å². The number of sulfonamides is 1. The number of hydrogen-bond acceptors (Lipinski definition) is 5. The molecule has 0 bridgehead atoms. The maximum absolute atomic E-state index is 12.5. The Morgan fingerprint density at radius 1 is 1.11 bits per heavy atom. The van der Waals surface area contributed by atoms with E-state index in [0.717, 1.165) is 5.56 Å². The molecule has 1 aliphatic rings. The SMILES string of the molecule is COc1ccc(CNC(=O)c2cccc(N3CCCS3(=O)=O)c2)cc1OC. The van der Waals surface area contributed by atoms with Gasteiger partial charge in [0.25, 0.3) is 5.91 Å². The van der Waals surface area contributed by atoms with Gasteiger partial charge < -0.3 is 14.8 Å². The molecule has 2 aromatic rings. The van der Waals surface area contributed by atoms with E-state index in [1.54, 1.807) is 50.6 Å². The number of rotatable bonds is 6. The van der Waals surface area contributed by atoms with E-state index in [1.165, 1.54) is 4.31 Å². The largest absolute Gasteiger partial charge is 0.493 e. The molecule has 144 valence electrons. The molecular formula is C19H22N2O5S. The number of methoxy groups -OCH3 is 2. The van der Waals surface area contributed by atoms with Crippen molar-refractivity contribution in [2.45, 2.75) is 13.0 Å². The number of hydrogen-bond donors (Lipinski definition) is 1. The Kier molecular flexibility index (Phi) is 5.55. The topological polar surface area (TPSA) is 84.9 Å². The van der Waals surface area contributed by atoms with Crippen LogP contribution in [0.2, 0.25) is 0 Å². The van der Waals surface area contributed by atoms with Crippen molar-refractivity contribution in [3.63, 3.8) is 0 Å². The molecule has 1 saturated heterocycles. The summed E-state index contributed by atoms with van der Waals surface area (Å²) < 4.78 is 36.0. The predicted octanol–water partition coefficient (Wildman–Crippen LogP) is 2.17. The molecule has 7 nitrogen and oxygen atoms in total. The van der Waals surface area contributed by atoms with Crippen molar-refractivity contribution >= 4 is 21.6 Å². The number of nitrogens with zero attached hydrogens (tertiary/aromatic N) is 1. The summed E-state index contributed by atoms with van der Waals surface area (Å²) in [4.78, 5) is 12.5. The Balaban J connectivity index is 1.71. The third-order valence-corrected chi connectivity index (χ3v) is 6.27. The highest BCUT2D eigenvalue weighted by Gasteiger charge is 2.28. The fraction of sp³-hybridized carbons (Fsp3) is 0.316. The Morgan fingerprint density at radius 2 is 1.89 bits per heavy atom. The number of carbonyl (C=O) groups excluding carboxylic acids is 1. The predicted molar refractivity (Wildman–Crippen MR) is 103 cm³/mol. The monoisotopic (exact) mass is 390 g/mol. The number of nitrogens with one attached hydrogen (secondary N) is 1. The van der Waals surface area contributed by atoms with Gasteiger partial charge in [-0.3, -0.25) is 9.10 Å². The summed E-state index contributed by atoms with van der Waals surface area (Å²) in [7, 11) is -0.160. The highest BCUT2D eigenvalue weighted by molar-refractivity contribution is 7.93. The van der Waals surface area contributed by atoms with Crippen LogP contribution in [0.15, 0.2) is 42.5 Å². The standard InChI is InChI=1S/C19H22N2O5S/c1-25-17-8-7-14(11-18(17)26-2)13-20-19(22)15-5-3-6-16(12-15)21-9-4-10-27(21,23)24/h3,5-8,11-12H,4,9-10,13H2,1-2H3,(H,20,22). The number of amides is 1. The van der Waals surface area contributed by atoms with Crippen LogP contribution in [0.5, 0.6) is 11.5 Å². The van der Waals surface area contributed by atoms with Gasteiger partial charge in [0, 0.05) is 18.7 Å². The summed E-state index contributed by atoms with van der Waals surface area (Å²) in [6.45, 7) is 0.754. The smallest absolute Gasteiger partial charge is 0.251 e. The normalized spacial score (nSPS) is 15.4. The van der Waals surface area contributed by atoms with Crippen molar-refractivity contribution in [3.8, 4) is 11.5 Å². The van der Waals surface area contributed by atoms with Gasteiger partial charge in [-0.05, 0) is 42.3 Å². The van der Waals surface area contributed by atoms with Crippen LogP contribution in [0.25, 0.3) is 0 Å². The molecule has 0 unspecified atom stereocenters. The van der Waals surface area contributed by atoms with Crippen molar-refractivity contribution in [3.05, 3.63) is 53.6 Å². The maximum Gasteiger partial charge on any atom is 0.251 e. The lowest BCUT2D eigenvalue weighted by molar-refractivity contribution is 0.0951. The molecule has 1 amide bonds. The minimum atomic E-state index is -3.28. The molecule has 8 heteroatoms. The molecule has 3 rings (SSSR count). The first-order chi connectivity index (χ1) is 12.9. The minimum absolute atomic E-state index is 0.142. The molecule has 27 heavy (non-hydrogen) atoms. The first-order valence-electron chi connectivity index (χ1n) is 8.54. The number of anilines is 1. The Hall–Kier alpha value is -2.74. The molecule has 1 aliphatic heterocycles. The van der Waals surface area contributed by atoms with Gasteiger partial charge in [-0.25, -0.2) is 8.42 Å². The van der Waals surface area contributed by atoms with Gasteiger partial charge >= 0.3 is 0 Å². The van der Waals surface area contributed by atoms with Crippen molar-refractivity contribution < 1.29 is 22.7 Å². The van der Waals surface area contributed by atoms with Crippen LogP contribution in [0.3, 0.4) is 0 Å². The third-order valence-electron chi connectivity index (χ3n) is 4.40. The van der Waals surface area contributed by atoms with E-state index in [4.69, 9.17) is 9.47 Å². The quantitative estimate of drug-likeness (QED) is 0.817. The Labute approximate surface area is 158 Å². The van der Waals surface area contributed by atoms with Crippen molar-refractivity contribution in [2.24, 2.45) is 0 Å². The van der Waals surface area contributed by atoms with E-state index in [1.807, 2.05) is 6.07 Å². The van der Waals surface area contributed by atoms with Crippen LogP contribution in [-0.2, 0) is 16.6 Å². The van der Waals surface area contributed by atoms with Gasteiger partial charge in [0.05, 0.1) is 25.7 Å². The zero-order chi connectivity index (χ0) is 19.4. The summed E-state index contributed by atoms with van der Waals surface area (Å²) in [5.41, 5.74) is 1.79. The second-order valence-electron chi connectivity index (χ2n) is 6.16. The molecule has 1 N–H and O–H groups in total. The molecule has 1 fully saturated rings. The van der Waals surface area contributed by atoms with E-state index >= 15 is 0 Å². The van der Waals surface area contributed by atoms with Gasteiger partial charge in [-0.15, -0.1) is 0 Å². The molecule has 0 saturated carbocycles. The zero-order valence-electron chi connectivity index (χ0n) is 15.3. The molecule has 0 aromatic heterocycles. The maximum atomic E-state index is 12.5. The molecule has 1 heterocycles. The average Bonchev–Trinajstić information content (AvgIpc) is 3.04. The fourth-order valence-electron chi connectivity index (χ4n) is 3.01. The van der Waals surface area contributed by atoms with Crippen LogP contribution in [0.1, 0.15) is 22.3 Å². The molecule has 0 radical (unpaired) electrons. The van der Waals surface area contributed by atoms with Crippen LogP contribution < -0.4 is 19.1 Å². The van der Waals surface area contributed by atoms with Gasteiger partial charge in [-0.1, -0.05) is 12.1 Å². The van der Waals surface area contributed by atoms with Crippen molar-refractivity contribution in [1.82, 2.24) is 5.32 Å². The van der Waals surface area contributed by atoms with Gasteiger partial charge in [0.2, 0.25) is 10.0 Å². The molecular weight excluding hydrogens is 368 g/mol. The minimum Gasteiger partial charge on any atom is -0.493 e. The summed E-state index contributed by atoms with van der Waals surface area (Å²) >= 11 is 0. The van der Waals surface area contributed by atoms with E-state index in [-0.39, 0.29) is 11.7 Å². The first-order valence-corrected chi connectivity index (χ1v) is 10.1. The highest BCUT2D eigenvalue weighted by Crippen LogP contribution is 2.28. The molecule has 2 aromatic carbocycles. The lowest BCUT2D eigenvalue weighted by atomic mass is 10.1. The van der Waals surface area contributed by atoms with Crippen molar-refractivity contribution in [2.75, 3.05) is 30.8 Å². The van der Waals surface area contributed by atoms with Crippen LogP contribution in [0, 0.1) is 0 Å².